The van der Waals surface area contributed by atoms with E-state index in [0.29, 0.717) is 20.5 Å². The van der Waals surface area contributed by atoms with Gasteiger partial charge in [0.15, 0.2) is 5.17 Å². The molecule has 0 aliphatic carbocycles. The van der Waals surface area contributed by atoms with Gasteiger partial charge in [-0.15, -0.1) is 17.0 Å². The van der Waals surface area contributed by atoms with Crippen molar-refractivity contribution < 1.29 is 4.79 Å². The van der Waals surface area contributed by atoms with Gasteiger partial charge in [-0.3, -0.25) is 9.79 Å². The zero-order chi connectivity index (χ0) is 13.6. The Morgan fingerprint density at radius 1 is 1.40 bits per heavy atom. The number of carbonyl (C=O) groups is 1. The maximum atomic E-state index is 12.5. The average Bonchev–Trinajstić information content (AvgIpc) is 2.92. The molecule has 0 spiro atoms. The van der Waals surface area contributed by atoms with Gasteiger partial charge in [0.05, 0.1) is 16.5 Å². The van der Waals surface area contributed by atoms with Crippen molar-refractivity contribution in [1.29, 1.82) is 0 Å². The van der Waals surface area contributed by atoms with Crippen molar-refractivity contribution in [3.8, 4) is 0 Å². The van der Waals surface area contributed by atoms with Crippen LogP contribution in [0.2, 0.25) is 10.0 Å². The predicted octanol–water partition coefficient (Wildman–Crippen LogP) is 4.40. The number of Topliss-reactive ketones (excluding diaryl/α,β-unsaturated/α-hetero) is 1. The number of amidine groups is 1. The van der Waals surface area contributed by atoms with E-state index in [0.717, 1.165) is 24.0 Å². The summed E-state index contributed by atoms with van der Waals surface area (Å²) in [5.41, 5.74) is 1.44. The Balaban J connectivity index is 0.00000147. The number of nitrogens with zero attached hydrogens (tertiary/aromatic N) is 2. The number of hydrogen-bond donors (Lipinski definition) is 0. The Morgan fingerprint density at radius 3 is 2.80 bits per heavy atom. The Kier molecular flexibility index (Phi) is 4.84. The molecular weight excluding hydrogens is 383 g/mol. The molecule has 0 atom stereocenters. The Bertz CT molecular complexity index is 645. The maximum Gasteiger partial charge on any atom is 0.203 e. The minimum atomic E-state index is -0.0683. The first-order chi connectivity index (χ1) is 9.08. The lowest BCUT2D eigenvalue weighted by Crippen LogP contribution is -2.19. The molecule has 1 aromatic carbocycles. The smallest absolute Gasteiger partial charge is 0.203 e. The Morgan fingerprint density at radius 2 is 2.15 bits per heavy atom. The van der Waals surface area contributed by atoms with Gasteiger partial charge in [-0.1, -0.05) is 23.2 Å². The highest BCUT2D eigenvalue weighted by Gasteiger charge is 2.33. The molecule has 0 fully saturated rings. The van der Waals surface area contributed by atoms with E-state index in [1.807, 2.05) is 6.92 Å². The van der Waals surface area contributed by atoms with Crippen LogP contribution in [0.4, 0.5) is 0 Å². The summed E-state index contributed by atoms with van der Waals surface area (Å²) in [7, 11) is 0. The molecule has 2 heterocycles. The molecule has 1 aromatic rings. The molecule has 2 aliphatic heterocycles. The van der Waals surface area contributed by atoms with Crippen LogP contribution >= 0.6 is 51.9 Å². The van der Waals surface area contributed by atoms with Crippen molar-refractivity contribution in [1.82, 2.24) is 4.90 Å². The topological polar surface area (TPSA) is 32.7 Å². The number of rotatable bonds is 2. The van der Waals surface area contributed by atoms with Gasteiger partial charge >= 0.3 is 0 Å². The minimum absolute atomic E-state index is 0. The van der Waals surface area contributed by atoms with Crippen molar-refractivity contribution in [3.05, 3.63) is 44.4 Å². The molecule has 0 bridgehead atoms. The van der Waals surface area contributed by atoms with E-state index in [-0.39, 0.29) is 22.8 Å². The van der Waals surface area contributed by atoms with Crippen LogP contribution in [-0.4, -0.2) is 28.9 Å². The average molecular weight is 394 g/mol. The van der Waals surface area contributed by atoms with E-state index >= 15 is 0 Å². The number of halogens is 3. The third-order valence-corrected chi connectivity index (χ3v) is 4.88. The van der Waals surface area contributed by atoms with Crippen LogP contribution in [0.5, 0.6) is 0 Å². The summed E-state index contributed by atoms with van der Waals surface area (Å²) in [6.45, 7) is 3.58. The molecule has 20 heavy (non-hydrogen) atoms. The molecule has 3 nitrogen and oxygen atoms in total. The zero-order valence-corrected chi connectivity index (χ0v) is 14.6. The number of fused-ring (bicyclic) bond motifs is 1. The second-order valence-electron chi connectivity index (χ2n) is 4.29. The summed E-state index contributed by atoms with van der Waals surface area (Å²) in [5.74, 6) is -0.0683. The van der Waals surface area contributed by atoms with Gasteiger partial charge in [0.1, 0.15) is 0 Å². The number of carbonyl (C=O) groups excluding carboxylic acids is 1. The van der Waals surface area contributed by atoms with Gasteiger partial charge < -0.3 is 4.90 Å². The normalized spacial score (nSPS) is 16.9. The van der Waals surface area contributed by atoms with Crippen molar-refractivity contribution in [2.75, 3.05) is 13.1 Å². The Labute approximate surface area is 141 Å². The van der Waals surface area contributed by atoms with Gasteiger partial charge in [-0.25, -0.2) is 0 Å². The number of aliphatic imine (C=N–C) groups is 1. The summed E-state index contributed by atoms with van der Waals surface area (Å²) >= 11 is 13.4. The van der Waals surface area contributed by atoms with Crippen LogP contribution in [0.1, 0.15) is 17.3 Å². The first-order valence-corrected chi connectivity index (χ1v) is 7.35. The zero-order valence-electron chi connectivity index (χ0n) is 10.5. The summed E-state index contributed by atoms with van der Waals surface area (Å²) in [6, 6.07) is 4.93. The number of allylic oxidation sites excluding steroid dienone is 2. The largest absolute Gasteiger partial charge is 0.322 e. The van der Waals surface area contributed by atoms with E-state index < -0.39 is 0 Å². The SMILES string of the molecule is Br.CC1=C(C(=O)c2ccc(Cl)cc2Cl)SC2=NCCN21. The number of hydrogen-bond acceptors (Lipinski definition) is 4. The first kappa shape index (κ1) is 15.9. The van der Waals surface area contributed by atoms with Crippen molar-refractivity contribution in [2.24, 2.45) is 4.99 Å². The Hall–Kier alpha value is -0.490. The van der Waals surface area contributed by atoms with Crippen LogP contribution in [0.3, 0.4) is 0 Å². The minimum Gasteiger partial charge on any atom is -0.322 e. The molecule has 0 unspecified atom stereocenters. The molecule has 7 heteroatoms. The van der Waals surface area contributed by atoms with E-state index in [9.17, 15) is 4.79 Å². The van der Waals surface area contributed by atoms with Gasteiger partial charge in [0.2, 0.25) is 5.78 Å². The molecule has 0 amide bonds. The van der Waals surface area contributed by atoms with E-state index in [1.54, 1.807) is 18.2 Å². The van der Waals surface area contributed by atoms with Crippen LogP contribution in [-0.2, 0) is 0 Å². The molecule has 2 aliphatic rings. The first-order valence-electron chi connectivity index (χ1n) is 5.78. The summed E-state index contributed by atoms with van der Waals surface area (Å²) in [5, 5.41) is 1.81. The van der Waals surface area contributed by atoms with Crippen molar-refractivity contribution in [3.63, 3.8) is 0 Å². The summed E-state index contributed by atoms with van der Waals surface area (Å²) in [4.78, 5) is 19.7. The maximum absolute atomic E-state index is 12.5. The third kappa shape index (κ3) is 2.64. The number of benzene rings is 1. The van der Waals surface area contributed by atoms with Crippen molar-refractivity contribution >= 4 is 62.9 Å². The van der Waals surface area contributed by atoms with Gasteiger partial charge in [-0.05, 0) is 36.9 Å². The third-order valence-electron chi connectivity index (χ3n) is 3.11. The summed E-state index contributed by atoms with van der Waals surface area (Å²) in [6.07, 6.45) is 0. The van der Waals surface area contributed by atoms with Crippen LogP contribution in [0.15, 0.2) is 33.8 Å². The molecule has 3 rings (SSSR count). The van der Waals surface area contributed by atoms with E-state index in [2.05, 4.69) is 9.89 Å². The van der Waals surface area contributed by atoms with Crippen LogP contribution < -0.4 is 0 Å². The molecular formula is C13H11BrCl2N2OS. The van der Waals surface area contributed by atoms with Crippen LogP contribution in [0, 0.1) is 0 Å². The van der Waals surface area contributed by atoms with Gasteiger partial charge in [0.25, 0.3) is 0 Å². The summed E-state index contributed by atoms with van der Waals surface area (Å²) < 4.78 is 0. The standard InChI is InChI=1S/C13H10Cl2N2OS.BrH/c1-7-12(19-13-16-4-5-17(7)13)11(18)9-3-2-8(14)6-10(9)15;/h2-3,6H,4-5H2,1H3;1H. The molecule has 0 N–H and O–H groups in total. The highest BCUT2D eigenvalue weighted by molar-refractivity contribution is 8.93. The van der Waals surface area contributed by atoms with E-state index in [4.69, 9.17) is 23.2 Å². The predicted molar refractivity (Wildman–Crippen MR) is 90.4 cm³/mol. The molecule has 0 aromatic heterocycles. The second-order valence-corrected chi connectivity index (χ2v) is 6.11. The monoisotopic (exact) mass is 392 g/mol. The molecule has 106 valence electrons. The molecule has 0 saturated heterocycles. The van der Waals surface area contributed by atoms with Crippen LogP contribution in [0.25, 0.3) is 0 Å². The fourth-order valence-corrected chi connectivity index (χ4v) is 3.75. The highest BCUT2D eigenvalue weighted by Crippen LogP contribution is 2.39. The molecule has 0 radical (unpaired) electrons. The lowest BCUT2D eigenvalue weighted by Gasteiger charge is -2.12. The fourth-order valence-electron chi connectivity index (χ4n) is 2.12. The van der Waals surface area contributed by atoms with E-state index in [1.165, 1.54) is 11.8 Å². The fraction of sp³-hybridized carbons (Fsp3) is 0.231. The second kappa shape index (κ2) is 6.10. The van der Waals surface area contributed by atoms with Gasteiger partial charge in [0, 0.05) is 22.8 Å². The molecule has 0 saturated carbocycles. The van der Waals surface area contributed by atoms with Gasteiger partial charge in [-0.2, -0.15) is 0 Å². The highest BCUT2D eigenvalue weighted by atomic mass is 79.9. The van der Waals surface area contributed by atoms with Crippen molar-refractivity contribution in [2.45, 2.75) is 6.92 Å². The lowest BCUT2D eigenvalue weighted by atomic mass is 10.1. The number of ketones is 1. The quantitative estimate of drug-likeness (QED) is 0.698. The lowest BCUT2D eigenvalue weighted by molar-refractivity contribution is 0.104. The number of thioether (sulfide) groups is 1.